The lowest BCUT2D eigenvalue weighted by Crippen LogP contribution is -2.14. The van der Waals surface area contributed by atoms with Crippen molar-refractivity contribution in [3.05, 3.63) is 22.7 Å². The number of aliphatic carboxylic acids is 1. The number of benzene rings is 1. The fourth-order valence-electron chi connectivity index (χ4n) is 1.12. The predicted molar refractivity (Wildman–Crippen MR) is 54.0 cm³/mol. The standard InChI is InChI=1S/C9H10ClNO4/c10-5-1-4(2-7(12)9(5)15)6(11)3-8(13)14/h1-2,6,12,15H,3,11H2,(H,13,14)/t6-/m0/s1. The van der Waals surface area contributed by atoms with E-state index in [1.807, 2.05) is 0 Å². The summed E-state index contributed by atoms with van der Waals surface area (Å²) >= 11 is 5.59. The summed E-state index contributed by atoms with van der Waals surface area (Å²) in [4.78, 5) is 10.4. The van der Waals surface area contributed by atoms with E-state index in [0.29, 0.717) is 5.56 Å². The van der Waals surface area contributed by atoms with Crippen molar-refractivity contribution in [3.63, 3.8) is 0 Å². The molecule has 0 saturated heterocycles. The van der Waals surface area contributed by atoms with E-state index in [0.717, 1.165) is 0 Å². The molecule has 0 bridgehead atoms. The summed E-state index contributed by atoms with van der Waals surface area (Å²) in [5.41, 5.74) is 5.91. The average Bonchev–Trinajstić information content (AvgIpc) is 2.12. The number of nitrogens with two attached hydrogens (primary N) is 1. The number of halogens is 1. The Kier molecular flexibility index (Phi) is 3.39. The van der Waals surface area contributed by atoms with Crippen molar-refractivity contribution in [1.29, 1.82) is 0 Å². The first-order valence-electron chi connectivity index (χ1n) is 4.10. The van der Waals surface area contributed by atoms with Gasteiger partial charge in [0.05, 0.1) is 11.4 Å². The van der Waals surface area contributed by atoms with Gasteiger partial charge in [-0.15, -0.1) is 0 Å². The Balaban J connectivity index is 3.00. The van der Waals surface area contributed by atoms with Crippen molar-refractivity contribution >= 4 is 17.6 Å². The number of carboxylic acids is 1. The zero-order chi connectivity index (χ0) is 11.6. The summed E-state index contributed by atoms with van der Waals surface area (Å²) in [6, 6.07) is 1.74. The molecule has 1 rings (SSSR count). The van der Waals surface area contributed by atoms with Gasteiger partial charge in [-0.25, -0.2) is 0 Å². The molecule has 1 atom stereocenters. The number of carboxylic acid groups (broad SMARTS) is 1. The van der Waals surface area contributed by atoms with Crippen molar-refractivity contribution < 1.29 is 20.1 Å². The van der Waals surface area contributed by atoms with Gasteiger partial charge in [0, 0.05) is 6.04 Å². The summed E-state index contributed by atoms with van der Waals surface area (Å²) < 4.78 is 0. The molecule has 5 nitrogen and oxygen atoms in total. The Labute approximate surface area is 90.7 Å². The lowest BCUT2D eigenvalue weighted by atomic mass is 10.0. The van der Waals surface area contributed by atoms with Crippen LogP contribution in [0, 0.1) is 0 Å². The molecule has 1 aromatic carbocycles. The highest BCUT2D eigenvalue weighted by atomic mass is 35.5. The minimum atomic E-state index is -1.05. The molecule has 0 radical (unpaired) electrons. The lowest BCUT2D eigenvalue weighted by Gasteiger charge is -2.11. The number of rotatable bonds is 3. The molecule has 0 aliphatic carbocycles. The molecular formula is C9H10ClNO4. The second kappa shape index (κ2) is 4.37. The zero-order valence-corrected chi connectivity index (χ0v) is 8.40. The molecule has 1 aromatic rings. The van der Waals surface area contributed by atoms with Gasteiger partial charge < -0.3 is 21.1 Å². The fourth-order valence-corrected chi connectivity index (χ4v) is 1.35. The van der Waals surface area contributed by atoms with Gasteiger partial charge in [-0.05, 0) is 17.7 Å². The minimum Gasteiger partial charge on any atom is -0.504 e. The molecule has 0 amide bonds. The maximum Gasteiger partial charge on any atom is 0.305 e. The van der Waals surface area contributed by atoms with E-state index < -0.39 is 23.5 Å². The van der Waals surface area contributed by atoms with E-state index in [1.54, 1.807) is 0 Å². The van der Waals surface area contributed by atoms with E-state index in [4.69, 9.17) is 27.5 Å². The topological polar surface area (TPSA) is 104 Å². The van der Waals surface area contributed by atoms with Crippen molar-refractivity contribution in [2.75, 3.05) is 0 Å². The Morgan fingerprint density at radius 2 is 2.07 bits per heavy atom. The third kappa shape index (κ3) is 2.74. The molecule has 82 valence electrons. The van der Waals surface area contributed by atoms with Gasteiger partial charge in [-0.1, -0.05) is 11.6 Å². The molecule has 0 heterocycles. The average molecular weight is 232 g/mol. The predicted octanol–water partition coefficient (Wildman–Crippen LogP) is 1.23. The molecule has 0 aliphatic rings. The molecule has 15 heavy (non-hydrogen) atoms. The number of hydrogen-bond acceptors (Lipinski definition) is 4. The number of phenolic OH excluding ortho intramolecular Hbond substituents is 2. The summed E-state index contributed by atoms with van der Waals surface area (Å²) in [6.45, 7) is 0. The molecule has 6 heteroatoms. The van der Waals surface area contributed by atoms with Gasteiger partial charge in [-0.3, -0.25) is 4.79 Å². The van der Waals surface area contributed by atoms with E-state index in [-0.39, 0.29) is 11.4 Å². The number of phenols is 2. The van der Waals surface area contributed by atoms with E-state index in [2.05, 4.69) is 0 Å². The fraction of sp³-hybridized carbons (Fsp3) is 0.222. The van der Waals surface area contributed by atoms with E-state index in [1.165, 1.54) is 12.1 Å². The number of aromatic hydroxyl groups is 2. The van der Waals surface area contributed by atoms with Crippen LogP contribution in [0.15, 0.2) is 12.1 Å². The largest absolute Gasteiger partial charge is 0.504 e. The van der Waals surface area contributed by atoms with Gasteiger partial charge >= 0.3 is 5.97 Å². The first-order valence-corrected chi connectivity index (χ1v) is 4.48. The Bertz CT molecular complexity index is 371. The highest BCUT2D eigenvalue weighted by Gasteiger charge is 2.14. The molecule has 0 unspecified atom stereocenters. The molecule has 0 spiro atoms. The van der Waals surface area contributed by atoms with Crippen LogP contribution in [0.3, 0.4) is 0 Å². The van der Waals surface area contributed by atoms with Crippen LogP contribution < -0.4 is 5.73 Å². The third-order valence-electron chi connectivity index (χ3n) is 1.89. The molecule has 5 N–H and O–H groups in total. The van der Waals surface area contributed by atoms with Crippen LogP contribution in [-0.2, 0) is 4.79 Å². The van der Waals surface area contributed by atoms with Crippen molar-refractivity contribution in [3.8, 4) is 11.5 Å². The normalized spacial score (nSPS) is 12.4. The number of hydrogen-bond donors (Lipinski definition) is 4. The van der Waals surface area contributed by atoms with Crippen LogP contribution in [0.25, 0.3) is 0 Å². The molecule has 0 aromatic heterocycles. The second-order valence-electron chi connectivity index (χ2n) is 3.07. The Morgan fingerprint density at radius 3 is 2.53 bits per heavy atom. The SMILES string of the molecule is N[C@@H](CC(=O)O)c1cc(O)c(O)c(Cl)c1. The summed E-state index contributed by atoms with van der Waals surface area (Å²) in [7, 11) is 0. The molecule has 0 aliphatic heterocycles. The lowest BCUT2D eigenvalue weighted by molar-refractivity contribution is -0.137. The van der Waals surface area contributed by atoms with Crippen LogP contribution in [0.1, 0.15) is 18.0 Å². The van der Waals surface area contributed by atoms with Crippen molar-refractivity contribution in [2.24, 2.45) is 5.73 Å². The van der Waals surface area contributed by atoms with Gasteiger partial charge in [0.2, 0.25) is 0 Å². The first kappa shape index (κ1) is 11.6. The van der Waals surface area contributed by atoms with Gasteiger partial charge in [0.1, 0.15) is 0 Å². The van der Waals surface area contributed by atoms with Crippen LogP contribution >= 0.6 is 11.6 Å². The Hall–Kier alpha value is -1.46. The number of carbonyl (C=O) groups is 1. The second-order valence-corrected chi connectivity index (χ2v) is 3.48. The van der Waals surface area contributed by atoms with Crippen molar-refractivity contribution in [1.82, 2.24) is 0 Å². The quantitative estimate of drug-likeness (QED) is 0.586. The third-order valence-corrected chi connectivity index (χ3v) is 2.18. The van der Waals surface area contributed by atoms with Gasteiger partial charge in [0.15, 0.2) is 11.5 Å². The Morgan fingerprint density at radius 1 is 1.47 bits per heavy atom. The van der Waals surface area contributed by atoms with E-state index in [9.17, 15) is 9.90 Å². The molecular weight excluding hydrogens is 222 g/mol. The first-order chi connectivity index (χ1) is 6.91. The van der Waals surface area contributed by atoms with Gasteiger partial charge in [0.25, 0.3) is 0 Å². The van der Waals surface area contributed by atoms with Crippen LogP contribution in [0.5, 0.6) is 11.5 Å². The van der Waals surface area contributed by atoms with Crippen LogP contribution in [0.2, 0.25) is 5.02 Å². The van der Waals surface area contributed by atoms with Crippen LogP contribution in [0.4, 0.5) is 0 Å². The van der Waals surface area contributed by atoms with E-state index >= 15 is 0 Å². The molecule has 0 saturated carbocycles. The summed E-state index contributed by atoms with van der Waals surface area (Å²) in [5, 5.41) is 26.8. The summed E-state index contributed by atoms with van der Waals surface area (Å²) in [6.07, 6.45) is -0.277. The zero-order valence-electron chi connectivity index (χ0n) is 7.64. The molecule has 0 fully saturated rings. The minimum absolute atomic E-state index is 0.0640. The maximum absolute atomic E-state index is 10.4. The highest BCUT2D eigenvalue weighted by molar-refractivity contribution is 6.32. The highest BCUT2D eigenvalue weighted by Crippen LogP contribution is 2.35. The van der Waals surface area contributed by atoms with Crippen LogP contribution in [-0.4, -0.2) is 21.3 Å². The monoisotopic (exact) mass is 231 g/mol. The smallest absolute Gasteiger partial charge is 0.305 e. The maximum atomic E-state index is 10.4. The van der Waals surface area contributed by atoms with Crippen molar-refractivity contribution in [2.45, 2.75) is 12.5 Å². The summed E-state index contributed by atoms with van der Waals surface area (Å²) in [5.74, 6) is -1.91. The van der Waals surface area contributed by atoms with Gasteiger partial charge in [-0.2, -0.15) is 0 Å².